The lowest BCUT2D eigenvalue weighted by Crippen LogP contribution is -2.32. The molecule has 2 heterocycles. The molecule has 24 heavy (non-hydrogen) atoms. The molecule has 1 amide bonds. The number of carbonyl (C=O) groups excluding carboxylic acids is 1. The largest absolute Gasteiger partial charge is 0.356 e. The Kier molecular flexibility index (Phi) is 5.59. The Morgan fingerprint density at radius 1 is 1.17 bits per heavy atom. The molecule has 4 nitrogen and oxygen atoms in total. The van der Waals surface area contributed by atoms with Gasteiger partial charge < -0.3 is 10.2 Å². The molecular weight excluding hydrogens is 345 g/mol. The summed E-state index contributed by atoms with van der Waals surface area (Å²) in [6.45, 7) is 2.44. The molecule has 1 fully saturated rings. The van der Waals surface area contributed by atoms with E-state index in [2.05, 4.69) is 15.2 Å². The number of halogens is 2. The molecule has 1 aromatic heterocycles. The Labute approximate surface area is 151 Å². The summed E-state index contributed by atoms with van der Waals surface area (Å²) in [7, 11) is 0. The van der Waals surface area contributed by atoms with E-state index in [4.69, 9.17) is 23.2 Å². The molecular formula is C18H19Cl2N3O. The van der Waals surface area contributed by atoms with E-state index in [0.29, 0.717) is 22.2 Å². The molecule has 1 saturated heterocycles. The van der Waals surface area contributed by atoms with Crippen LogP contribution in [0.4, 0.5) is 5.82 Å². The van der Waals surface area contributed by atoms with Gasteiger partial charge in [-0.25, -0.2) is 4.98 Å². The minimum Gasteiger partial charge on any atom is -0.356 e. The first-order valence-electron chi connectivity index (χ1n) is 8.07. The summed E-state index contributed by atoms with van der Waals surface area (Å²) in [5.41, 5.74) is 1.43. The van der Waals surface area contributed by atoms with Gasteiger partial charge in [0.1, 0.15) is 5.82 Å². The fourth-order valence-corrected chi connectivity index (χ4v) is 3.40. The van der Waals surface area contributed by atoms with E-state index in [-0.39, 0.29) is 5.91 Å². The summed E-state index contributed by atoms with van der Waals surface area (Å²) in [5.74, 6) is 0.741. The number of pyridine rings is 1. The van der Waals surface area contributed by atoms with Crippen LogP contribution in [0.2, 0.25) is 10.0 Å². The van der Waals surface area contributed by atoms with E-state index < -0.39 is 0 Å². The average Bonchev–Trinajstić information content (AvgIpc) is 2.61. The van der Waals surface area contributed by atoms with Crippen molar-refractivity contribution in [2.75, 3.05) is 18.0 Å². The number of anilines is 1. The number of rotatable bonds is 4. The molecule has 1 aliphatic heterocycles. The van der Waals surface area contributed by atoms with Gasteiger partial charge in [0.25, 0.3) is 5.91 Å². The van der Waals surface area contributed by atoms with E-state index in [9.17, 15) is 4.79 Å². The van der Waals surface area contributed by atoms with Gasteiger partial charge in [-0.05, 0) is 43.5 Å². The maximum Gasteiger partial charge on any atom is 0.253 e. The van der Waals surface area contributed by atoms with Crippen LogP contribution in [0.5, 0.6) is 0 Å². The minimum atomic E-state index is -0.217. The zero-order chi connectivity index (χ0) is 16.9. The average molecular weight is 364 g/mol. The maximum absolute atomic E-state index is 12.4. The van der Waals surface area contributed by atoms with Crippen LogP contribution in [-0.2, 0) is 6.54 Å². The van der Waals surface area contributed by atoms with Crippen molar-refractivity contribution in [3.8, 4) is 0 Å². The van der Waals surface area contributed by atoms with Crippen LogP contribution in [0.3, 0.4) is 0 Å². The third-order valence-electron chi connectivity index (χ3n) is 4.14. The molecule has 1 N–H and O–H groups in total. The second kappa shape index (κ2) is 7.86. The number of amides is 1. The third kappa shape index (κ3) is 4.00. The zero-order valence-corrected chi connectivity index (χ0v) is 14.8. The highest BCUT2D eigenvalue weighted by Crippen LogP contribution is 2.23. The number of hydrogen-bond donors (Lipinski definition) is 1. The van der Waals surface area contributed by atoms with Crippen LogP contribution < -0.4 is 10.2 Å². The minimum absolute atomic E-state index is 0.217. The van der Waals surface area contributed by atoms with Crippen molar-refractivity contribution >= 4 is 34.9 Å². The summed E-state index contributed by atoms with van der Waals surface area (Å²) in [5, 5.41) is 3.78. The summed E-state index contributed by atoms with van der Waals surface area (Å²) in [6, 6.07) is 8.76. The van der Waals surface area contributed by atoms with Crippen molar-refractivity contribution in [3.63, 3.8) is 0 Å². The first-order chi connectivity index (χ1) is 11.6. The van der Waals surface area contributed by atoms with E-state index in [1.54, 1.807) is 24.4 Å². The molecule has 0 radical (unpaired) electrons. The standard InChI is InChI=1S/C18H19Cl2N3O/c19-14-6-7-15(16(20)11-14)18(24)22-12-13-5-4-8-21-17(13)23-9-2-1-3-10-23/h4-8,11H,1-3,9-10,12H2,(H,22,24). The van der Waals surface area contributed by atoms with Crippen molar-refractivity contribution in [3.05, 3.63) is 57.7 Å². The van der Waals surface area contributed by atoms with Crippen LogP contribution in [-0.4, -0.2) is 24.0 Å². The zero-order valence-electron chi connectivity index (χ0n) is 13.3. The van der Waals surface area contributed by atoms with Crippen LogP contribution in [0, 0.1) is 0 Å². The van der Waals surface area contributed by atoms with Crippen molar-refractivity contribution in [1.29, 1.82) is 0 Å². The second-order valence-electron chi connectivity index (χ2n) is 5.84. The van der Waals surface area contributed by atoms with Crippen LogP contribution >= 0.6 is 23.2 Å². The lowest BCUT2D eigenvalue weighted by Gasteiger charge is -2.29. The first kappa shape index (κ1) is 17.1. The van der Waals surface area contributed by atoms with Crippen molar-refractivity contribution < 1.29 is 4.79 Å². The third-order valence-corrected chi connectivity index (χ3v) is 4.69. The fraction of sp³-hybridized carbons (Fsp3) is 0.333. The van der Waals surface area contributed by atoms with E-state index >= 15 is 0 Å². The number of piperidine rings is 1. The van der Waals surface area contributed by atoms with Gasteiger partial charge in [-0.3, -0.25) is 4.79 Å². The van der Waals surface area contributed by atoms with Gasteiger partial charge in [0, 0.05) is 36.4 Å². The lowest BCUT2D eigenvalue weighted by atomic mass is 10.1. The van der Waals surface area contributed by atoms with Gasteiger partial charge in [0.05, 0.1) is 10.6 Å². The number of aromatic nitrogens is 1. The van der Waals surface area contributed by atoms with Gasteiger partial charge in [-0.15, -0.1) is 0 Å². The van der Waals surface area contributed by atoms with E-state index in [0.717, 1.165) is 24.5 Å². The predicted molar refractivity (Wildman–Crippen MR) is 97.9 cm³/mol. The lowest BCUT2D eigenvalue weighted by molar-refractivity contribution is 0.0951. The molecule has 126 valence electrons. The highest BCUT2D eigenvalue weighted by Gasteiger charge is 2.16. The van der Waals surface area contributed by atoms with Crippen LogP contribution in [0.15, 0.2) is 36.5 Å². The van der Waals surface area contributed by atoms with E-state index in [1.165, 1.54) is 19.3 Å². The maximum atomic E-state index is 12.4. The molecule has 0 spiro atoms. The molecule has 0 bridgehead atoms. The van der Waals surface area contributed by atoms with E-state index in [1.807, 2.05) is 12.1 Å². The van der Waals surface area contributed by atoms with Gasteiger partial charge in [0.15, 0.2) is 0 Å². The number of nitrogens with zero attached hydrogens (tertiary/aromatic N) is 2. The molecule has 0 atom stereocenters. The SMILES string of the molecule is O=C(NCc1cccnc1N1CCCCC1)c1ccc(Cl)cc1Cl. The summed E-state index contributed by atoms with van der Waals surface area (Å²) < 4.78 is 0. The van der Waals surface area contributed by atoms with Crippen molar-refractivity contribution in [1.82, 2.24) is 10.3 Å². The highest BCUT2D eigenvalue weighted by molar-refractivity contribution is 6.36. The summed E-state index contributed by atoms with van der Waals surface area (Å²) in [4.78, 5) is 19.2. The Morgan fingerprint density at radius 2 is 1.96 bits per heavy atom. The fourth-order valence-electron chi connectivity index (χ4n) is 2.90. The van der Waals surface area contributed by atoms with Gasteiger partial charge in [0.2, 0.25) is 0 Å². The Bertz CT molecular complexity index is 730. The van der Waals surface area contributed by atoms with Gasteiger partial charge in [-0.1, -0.05) is 29.3 Å². The molecule has 6 heteroatoms. The molecule has 0 saturated carbocycles. The first-order valence-corrected chi connectivity index (χ1v) is 8.83. The molecule has 1 aromatic carbocycles. The topological polar surface area (TPSA) is 45.2 Å². The molecule has 3 rings (SSSR count). The second-order valence-corrected chi connectivity index (χ2v) is 6.68. The number of hydrogen-bond acceptors (Lipinski definition) is 3. The Hall–Kier alpha value is -1.78. The van der Waals surface area contributed by atoms with Crippen molar-refractivity contribution in [2.45, 2.75) is 25.8 Å². The number of carbonyl (C=O) groups is 1. The highest BCUT2D eigenvalue weighted by atomic mass is 35.5. The van der Waals surface area contributed by atoms with Crippen LogP contribution in [0.1, 0.15) is 35.2 Å². The van der Waals surface area contributed by atoms with Crippen LogP contribution in [0.25, 0.3) is 0 Å². The summed E-state index contributed by atoms with van der Waals surface area (Å²) in [6.07, 6.45) is 5.43. The molecule has 2 aromatic rings. The van der Waals surface area contributed by atoms with Gasteiger partial charge in [-0.2, -0.15) is 0 Å². The smallest absolute Gasteiger partial charge is 0.253 e. The van der Waals surface area contributed by atoms with Gasteiger partial charge >= 0.3 is 0 Å². The monoisotopic (exact) mass is 363 g/mol. The quantitative estimate of drug-likeness (QED) is 0.879. The number of benzene rings is 1. The number of nitrogens with one attached hydrogen (secondary N) is 1. The Morgan fingerprint density at radius 3 is 2.71 bits per heavy atom. The molecule has 0 aliphatic carbocycles. The molecule has 1 aliphatic rings. The predicted octanol–water partition coefficient (Wildman–Crippen LogP) is 4.31. The summed E-state index contributed by atoms with van der Waals surface area (Å²) >= 11 is 12.0. The molecule has 0 unspecified atom stereocenters. The Balaban J connectivity index is 1.71. The van der Waals surface area contributed by atoms with Crippen molar-refractivity contribution in [2.24, 2.45) is 0 Å². The normalized spacial score (nSPS) is 14.5.